The average molecular weight is 363 g/mol. The van der Waals surface area contributed by atoms with Crippen LogP contribution in [0.25, 0.3) is 10.8 Å². The molecule has 0 saturated heterocycles. The van der Waals surface area contributed by atoms with E-state index in [0.29, 0.717) is 24.7 Å². The molecule has 1 heterocycles. The summed E-state index contributed by atoms with van der Waals surface area (Å²) < 4.78 is 17.3. The van der Waals surface area contributed by atoms with Crippen molar-refractivity contribution >= 4 is 16.7 Å². The van der Waals surface area contributed by atoms with E-state index in [0.717, 1.165) is 11.1 Å². The zero-order valence-corrected chi connectivity index (χ0v) is 15.1. The SMILES string of the molecule is C[C@@H]1Oc2ccccc2O[C@H]1C(=O)NCCOc1ccc2ccccc2c1. The Morgan fingerprint density at radius 3 is 2.48 bits per heavy atom. The predicted molar refractivity (Wildman–Crippen MR) is 103 cm³/mol. The molecule has 138 valence electrons. The Balaban J connectivity index is 1.29. The van der Waals surface area contributed by atoms with Crippen molar-refractivity contribution in [2.75, 3.05) is 13.2 Å². The van der Waals surface area contributed by atoms with Crippen LogP contribution in [0, 0.1) is 0 Å². The number of amides is 1. The molecule has 4 rings (SSSR count). The molecule has 0 aromatic heterocycles. The number of carbonyl (C=O) groups is 1. The number of fused-ring (bicyclic) bond motifs is 2. The molecule has 0 bridgehead atoms. The summed E-state index contributed by atoms with van der Waals surface area (Å²) >= 11 is 0. The molecule has 27 heavy (non-hydrogen) atoms. The first-order valence-corrected chi connectivity index (χ1v) is 9.02. The van der Waals surface area contributed by atoms with Crippen molar-refractivity contribution in [3.05, 3.63) is 66.7 Å². The highest BCUT2D eigenvalue weighted by Crippen LogP contribution is 2.33. The number of hydrogen-bond donors (Lipinski definition) is 1. The lowest BCUT2D eigenvalue weighted by Gasteiger charge is -2.31. The van der Waals surface area contributed by atoms with Gasteiger partial charge in [0.25, 0.3) is 5.91 Å². The summed E-state index contributed by atoms with van der Waals surface area (Å²) in [5.74, 6) is 1.82. The number of para-hydroxylation sites is 2. The van der Waals surface area contributed by atoms with Gasteiger partial charge >= 0.3 is 0 Å². The predicted octanol–water partition coefficient (Wildman–Crippen LogP) is 3.56. The van der Waals surface area contributed by atoms with Gasteiger partial charge in [-0.15, -0.1) is 0 Å². The number of carbonyl (C=O) groups excluding carboxylic acids is 1. The first kappa shape index (κ1) is 17.2. The fourth-order valence-corrected chi connectivity index (χ4v) is 3.11. The van der Waals surface area contributed by atoms with Crippen LogP contribution in [0.5, 0.6) is 17.2 Å². The van der Waals surface area contributed by atoms with Crippen LogP contribution in [0.2, 0.25) is 0 Å². The number of rotatable bonds is 5. The summed E-state index contributed by atoms with van der Waals surface area (Å²) in [6.07, 6.45) is -1.04. The summed E-state index contributed by atoms with van der Waals surface area (Å²) in [5.41, 5.74) is 0. The Morgan fingerprint density at radius 2 is 1.67 bits per heavy atom. The molecule has 0 saturated carbocycles. The normalized spacial score (nSPS) is 18.1. The molecule has 0 spiro atoms. The van der Waals surface area contributed by atoms with Crippen LogP contribution in [0.4, 0.5) is 0 Å². The molecule has 0 aliphatic carbocycles. The fraction of sp³-hybridized carbons (Fsp3) is 0.227. The van der Waals surface area contributed by atoms with Crippen molar-refractivity contribution in [1.82, 2.24) is 5.32 Å². The molecule has 5 heteroatoms. The molecule has 2 atom stereocenters. The van der Waals surface area contributed by atoms with Crippen molar-refractivity contribution in [2.45, 2.75) is 19.1 Å². The molecule has 1 N–H and O–H groups in total. The molecule has 5 nitrogen and oxygen atoms in total. The van der Waals surface area contributed by atoms with Crippen LogP contribution < -0.4 is 19.5 Å². The molecule has 0 radical (unpaired) electrons. The lowest BCUT2D eigenvalue weighted by Crippen LogP contribution is -2.49. The van der Waals surface area contributed by atoms with Gasteiger partial charge in [-0.1, -0.05) is 42.5 Å². The third-order valence-corrected chi connectivity index (χ3v) is 4.49. The molecule has 1 amide bonds. The second kappa shape index (κ2) is 7.58. The molecule has 3 aromatic carbocycles. The Labute approximate surface area is 157 Å². The van der Waals surface area contributed by atoms with Gasteiger partial charge in [-0.3, -0.25) is 4.79 Å². The van der Waals surface area contributed by atoms with Crippen LogP contribution in [0.1, 0.15) is 6.92 Å². The molecule has 1 aliphatic rings. The Kier molecular flexibility index (Phi) is 4.83. The monoisotopic (exact) mass is 363 g/mol. The Hall–Kier alpha value is -3.21. The van der Waals surface area contributed by atoms with Crippen molar-refractivity contribution in [1.29, 1.82) is 0 Å². The minimum absolute atomic E-state index is 0.209. The van der Waals surface area contributed by atoms with E-state index in [1.807, 2.05) is 61.5 Å². The molecule has 0 unspecified atom stereocenters. The third kappa shape index (κ3) is 3.82. The molecular weight excluding hydrogens is 342 g/mol. The number of nitrogens with one attached hydrogen (secondary N) is 1. The van der Waals surface area contributed by atoms with Crippen LogP contribution in [-0.2, 0) is 4.79 Å². The fourth-order valence-electron chi connectivity index (χ4n) is 3.11. The largest absolute Gasteiger partial charge is 0.492 e. The molecular formula is C22H21NO4. The quantitative estimate of drug-likeness (QED) is 0.704. The van der Waals surface area contributed by atoms with Crippen molar-refractivity contribution in [2.24, 2.45) is 0 Å². The molecule has 1 aliphatic heterocycles. The van der Waals surface area contributed by atoms with Gasteiger partial charge in [0.05, 0.1) is 6.54 Å². The summed E-state index contributed by atoms with van der Waals surface area (Å²) in [4.78, 5) is 12.4. The maximum absolute atomic E-state index is 12.4. The lowest BCUT2D eigenvalue weighted by atomic mass is 10.1. The first-order chi connectivity index (χ1) is 13.2. The van der Waals surface area contributed by atoms with Gasteiger partial charge in [0.1, 0.15) is 18.5 Å². The Morgan fingerprint density at radius 1 is 0.963 bits per heavy atom. The summed E-state index contributed by atoms with van der Waals surface area (Å²) in [7, 11) is 0. The minimum atomic E-state index is -0.680. The second-order valence-electron chi connectivity index (χ2n) is 6.46. The van der Waals surface area contributed by atoms with E-state index in [1.54, 1.807) is 6.07 Å². The van der Waals surface area contributed by atoms with Gasteiger partial charge in [0.2, 0.25) is 6.10 Å². The highest BCUT2D eigenvalue weighted by Gasteiger charge is 2.33. The highest BCUT2D eigenvalue weighted by atomic mass is 16.6. The van der Waals surface area contributed by atoms with Gasteiger partial charge in [0.15, 0.2) is 11.5 Å². The molecule has 0 fully saturated rings. The van der Waals surface area contributed by atoms with E-state index in [9.17, 15) is 4.79 Å². The van der Waals surface area contributed by atoms with E-state index >= 15 is 0 Å². The first-order valence-electron chi connectivity index (χ1n) is 9.02. The standard InChI is InChI=1S/C22H21NO4/c1-15-21(27-20-9-5-4-8-19(20)26-15)22(24)23-12-13-25-18-11-10-16-6-2-3-7-17(16)14-18/h2-11,14-15,21H,12-13H2,1H3,(H,23,24)/t15-,21+/m0/s1. The zero-order valence-electron chi connectivity index (χ0n) is 15.1. The van der Waals surface area contributed by atoms with Crippen molar-refractivity contribution in [3.8, 4) is 17.2 Å². The van der Waals surface area contributed by atoms with Gasteiger partial charge < -0.3 is 19.5 Å². The van der Waals surface area contributed by atoms with Crippen LogP contribution in [-0.4, -0.2) is 31.3 Å². The van der Waals surface area contributed by atoms with Crippen LogP contribution in [0.15, 0.2) is 66.7 Å². The third-order valence-electron chi connectivity index (χ3n) is 4.49. The zero-order chi connectivity index (χ0) is 18.6. The van der Waals surface area contributed by atoms with Gasteiger partial charge in [0, 0.05) is 0 Å². The molecule has 3 aromatic rings. The smallest absolute Gasteiger partial charge is 0.265 e. The van der Waals surface area contributed by atoms with E-state index < -0.39 is 6.10 Å². The van der Waals surface area contributed by atoms with Gasteiger partial charge in [-0.2, -0.15) is 0 Å². The van der Waals surface area contributed by atoms with E-state index in [-0.39, 0.29) is 12.0 Å². The topological polar surface area (TPSA) is 56.8 Å². The van der Waals surface area contributed by atoms with Crippen LogP contribution in [0.3, 0.4) is 0 Å². The number of hydrogen-bond acceptors (Lipinski definition) is 4. The Bertz CT molecular complexity index is 956. The summed E-state index contributed by atoms with van der Waals surface area (Å²) in [6, 6.07) is 21.4. The van der Waals surface area contributed by atoms with Gasteiger partial charge in [-0.05, 0) is 42.0 Å². The second-order valence-corrected chi connectivity index (χ2v) is 6.46. The van der Waals surface area contributed by atoms with E-state index in [4.69, 9.17) is 14.2 Å². The van der Waals surface area contributed by atoms with Crippen molar-refractivity contribution in [3.63, 3.8) is 0 Å². The summed E-state index contributed by atoms with van der Waals surface area (Å²) in [6.45, 7) is 2.59. The maximum atomic E-state index is 12.4. The average Bonchev–Trinajstić information content (AvgIpc) is 2.70. The van der Waals surface area contributed by atoms with Crippen molar-refractivity contribution < 1.29 is 19.0 Å². The number of ether oxygens (including phenoxy) is 3. The maximum Gasteiger partial charge on any atom is 0.265 e. The van der Waals surface area contributed by atoms with E-state index in [2.05, 4.69) is 11.4 Å². The summed E-state index contributed by atoms with van der Waals surface area (Å²) in [5, 5.41) is 5.14. The highest BCUT2D eigenvalue weighted by molar-refractivity contribution is 5.84. The van der Waals surface area contributed by atoms with Gasteiger partial charge in [-0.25, -0.2) is 0 Å². The van der Waals surface area contributed by atoms with Crippen LogP contribution >= 0.6 is 0 Å². The minimum Gasteiger partial charge on any atom is -0.492 e. The van der Waals surface area contributed by atoms with E-state index in [1.165, 1.54) is 5.39 Å². The number of benzene rings is 3. The lowest BCUT2D eigenvalue weighted by molar-refractivity contribution is -0.133.